The van der Waals surface area contributed by atoms with Gasteiger partial charge in [0.1, 0.15) is 11.5 Å². The lowest BCUT2D eigenvalue weighted by Gasteiger charge is -2.31. The molecule has 1 aromatic rings. The smallest absolute Gasteiger partial charge is 0.280 e. The molecule has 1 aliphatic heterocycles. The first kappa shape index (κ1) is 14.1. The van der Waals surface area contributed by atoms with Gasteiger partial charge in [-0.2, -0.15) is 11.8 Å². The van der Waals surface area contributed by atoms with Gasteiger partial charge in [-0.25, -0.2) is 18.7 Å². The third-order valence-corrected chi connectivity index (χ3v) is 4.59. The Morgan fingerprint density at radius 2 is 2.39 bits per heavy atom. The molecule has 3 nitrogen and oxygen atoms in total. The molecular formula is C11H14BrF2N3S. The van der Waals surface area contributed by atoms with E-state index in [-0.39, 0.29) is 11.7 Å². The molecule has 1 saturated heterocycles. The summed E-state index contributed by atoms with van der Waals surface area (Å²) in [6.45, 7) is 0.933. The summed E-state index contributed by atoms with van der Waals surface area (Å²) in [7, 11) is 1.98. The van der Waals surface area contributed by atoms with Crippen molar-refractivity contribution >= 4 is 27.7 Å². The van der Waals surface area contributed by atoms with Gasteiger partial charge in [-0.3, -0.25) is 4.90 Å². The minimum Gasteiger partial charge on any atom is -0.295 e. The average molecular weight is 338 g/mol. The number of alkyl halides is 3. The number of hydrogen-bond acceptors (Lipinski definition) is 4. The van der Waals surface area contributed by atoms with Crippen LogP contribution in [0.2, 0.25) is 0 Å². The fourth-order valence-corrected chi connectivity index (χ4v) is 3.49. The van der Waals surface area contributed by atoms with Gasteiger partial charge in [0.15, 0.2) is 0 Å². The van der Waals surface area contributed by atoms with Gasteiger partial charge in [0.05, 0.1) is 6.04 Å². The van der Waals surface area contributed by atoms with Crippen molar-refractivity contribution in [3.63, 3.8) is 0 Å². The van der Waals surface area contributed by atoms with E-state index in [1.165, 1.54) is 6.20 Å². The Kier molecular flexibility index (Phi) is 4.91. The Morgan fingerprint density at radius 3 is 3.00 bits per heavy atom. The van der Waals surface area contributed by atoms with Crippen molar-refractivity contribution in [2.75, 3.05) is 25.1 Å². The quantitative estimate of drug-likeness (QED) is 0.793. The molecule has 7 heteroatoms. The number of hydrogen-bond donors (Lipinski definition) is 0. The fourth-order valence-electron chi connectivity index (χ4n) is 1.84. The zero-order valence-electron chi connectivity index (χ0n) is 9.94. The van der Waals surface area contributed by atoms with Crippen LogP contribution in [0.4, 0.5) is 8.78 Å². The van der Waals surface area contributed by atoms with Crippen LogP contribution in [0.1, 0.15) is 29.5 Å². The molecule has 0 aliphatic carbocycles. The van der Waals surface area contributed by atoms with Gasteiger partial charge < -0.3 is 0 Å². The van der Waals surface area contributed by atoms with Crippen LogP contribution in [-0.4, -0.2) is 40.0 Å². The second kappa shape index (κ2) is 6.25. The van der Waals surface area contributed by atoms with E-state index >= 15 is 0 Å². The van der Waals surface area contributed by atoms with E-state index in [1.807, 2.05) is 18.8 Å². The first-order valence-electron chi connectivity index (χ1n) is 5.61. The summed E-state index contributed by atoms with van der Waals surface area (Å²) in [5.74, 6) is 2.42. The van der Waals surface area contributed by atoms with Crippen molar-refractivity contribution in [1.29, 1.82) is 0 Å². The lowest BCUT2D eigenvalue weighted by molar-refractivity contribution is 0.143. The third-order valence-electron chi connectivity index (χ3n) is 2.96. The molecule has 0 radical (unpaired) electrons. The normalized spacial score (nSPS) is 21.5. The lowest BCUT2D eigenvalue weighted by Crippen LogP contribution is -2.34. The lowest BCUT2D eigenvalue weighted by atomic mass is 10.2. The van der Waals surface area contributed by atoms with Crippen LogP contribution in [0.3, 0.4) is 0 Å². The van der Waals surface area contributed by atoms with E-state index in [9.17, 15) is 8.78 Å². The van der Waals surface area contributed by atoms with Gasteiger partial charge in [0, 0.05) is 35.1 Å². The molecule has 2 heterocycles. The van der Waals surface area contributed by atoms with E-state index < -0.39 is 6.43 Å². The van der Waals surface area contributed by atoms with Gasteiger partial charge in [-0.05, 0) is 7.05 Å². The standard InChI is InChI=1S/C11H14BrF2N3S/c1-17-2-3-18-6-8(17)11-15-5-7(4-12)9(16-11)10(13)14/h5,8,10H,2-4,6H2,1H3. The molecule has 0 aromatic carbocycles. The summed E-state index contributed by atoms with van der Waals surface area (Å²) in [5, 5.41) is 0.349. The van der Waals surface area contributed by atoms with E-state index in [0.29, 0.717) is 16.7 Å². The van der Waals surface area contributed by atoms with Crippen LogP contribution in [-0.2, 0) is 5.33 Å². The van der Waals surface area contributed by atoms with Crippen LogP contribution in [0.25, 0.3) is 0 Å². The van der Waals surface area contributed by atoms with Gasteiger partial charge in [-0.1, -0.05) is 15.9 Å². The molecule has 18 heavy (non-hydrogen) atoms. The van der Waals surface area contributed by atoms with Crippen molar-refractivity contribution in [1.82, 2.24) is 14.9 Å². The van der Waals surface area contributed by atoms with E-state index in [2.05, 4.69) is 30.8 Å². The molecule has 0 bridgehead atoms. The van der Waals surface area contributed by atoms with Crippen molar-refractivity contribution in [3.8, 4) is 0 Å². The highest BCUT2D eigenvalue weighted by Crippen LogP contribution is 2.28. The Bertz CT molecular complexity index is 419. The number of rotatable bonds is 3. The molecule has 2 rings (SSSR count). The summed E-state index contributed by atoms with van der Waals surface area (Å²) in [4.78, 5) is 10.4. The Balaban J connectivity index is 2.30. The molecule has 1 aromatic heterocycles. The average Bonchev–Trinajstić information content (AvgIpc) is 2.38. The van der Waals surface area contributed by atoms with Gasteiger partial charge in [-0.15, -0.1) is 0 Å². The second-order valence-corrected chi connectivity index (χ2v) is 5.85. The maximum atomic E-state index is 12.9. The van der Waals surface area contributed by atoms with Crippen molar-refractivity contribution in [2.45, 2.75) is 17.8 Å². The van der Waals surface area contributed by atoms with Gasteiger partial charge in [0.25, 0.3) is 6.43 Å². The molecule has 0 saturated carbocycles. The van der Waals surface area contributed by atoms with Gasteiger partial charge >= 0.3 is 0 Å². The Labute approximate surface area is 118 Å². The Morgan fingerprint density at radius 1 is 1.61 bits per heavy atom. The first-order valence-corrected chi connectivity index (χ1v) is 7.89. The molecular weight excluding hydrogens is 324 g/mol. The number of aromatic nitrogens is 2. The van der Waals surface area contributed by atoms with Crippen LogP contribution in [0.15, 0.2) is 6.20 Å². The predicted molar refractivity (Wildman–Crippen MR) is 72.3 cm³/mol. The number of thioether (sulfide) groups is 1. The largest absolute Gasteiger partial charge is 0.295 e. The van der Waals surface area contributed by atoms with Crippen LogP contribution < -0.4 is 0 Å². The highest BCUT2D eigenvalue weighted by atomic mass is 79.9. The van der Waals surface area contributed by atoms with E-state index in [4.69, 9.17) is 0 Å². The molecule has 0 spiro atoms. The molecule has 1 fully saturated rings. The number of nitrogens with zero attached hydrogens (tertiary/aromatic N) is 3. The maximum absolute atomic E-state index is 12.9. The topological polar surface area (TPSA) is 29.0 Å². The van der Waals surface area contributed by atoms with Crippen molar-refractivity contribution in [3.05, 3.63) is 23.3 Å². The highest BCUT2D eigenvalue weighted by molar-refractivity contribution is 9.08. The van der Waals surface area contributed by atoms with E-state index in [0.717, 1.165) is 18.1 Å². The Hall–Kier alpha value is -0.270. The monoisotopic (exact) mass is 337 g/mol. The van der Waals surface area contributed by atoms with E-state index in [1.54, 1.807) is 0 Å². The summed E-state index contributed by atoms with van der Waals surface area (Å²) < 4.78 is 25.9. The highest BCUT2D eigenvalue weighted by Gasteiger charge is 2.25. The minimum absolute atomic E-state index is 0.0330. The van der Waals surface area contributed by atoms with Gasteiger partial charge in [0.2, 0.25) is 0 Å². The molecule has 100 valence electrons. The molecule has 0 amide bonds. The molecule has 1 atom stereocenters. The maximum Gasteiger partial charge on any atom is 0.280 e. The minimum atomic E-state index is -2.55. The first-order chi connectivity index (χ1) is 8.63. The number of halogens is 3. The summed E-state index contributed by atoms with van der Waals surface area (Å²) in [6.07, 6.45) is -1.05. The van der Waals surface area contributed by atoms with Crippen molar-refractivity contribution < 1.29 is 8.78 Å². The SMILES string of the molecule is CN1CCSCC1c1ncc(CBr)c(C(F)F)n1. The summed E-state index contributed by atoms with van der Waals surface area (Å²) in [6, 6.07) is 0.0330. The zero-order chi connectivity index (χ0) is 13.1. The molecule has 1 aliphatic rings. The third kappa shape index (κ3) is 3.00. The fraction of sp³-hybridized carbons (Fsp3) is 0.636. The second-order valence-electron chi connectivity index (χ2n) is 4.14. The molecule has 1 unspecified atom stereocenters. The van der Waals surface area contributed by atoms with Crippen LogP contribution in [0.5, 0.6) is 0 Å². The molecule has 0 N–H and O–H groups in total. The van der Waals surface area contributed by atoms with Crippen LogP contribution >= 0.6 is 27.7 Å². The summed E-state index contributed by atoms with van der Waals surface area (Å²) >= 11 is 4.99. The zero-order valence-corrected chi connectivity index (χ0v) is 12.3. The predicted octanol–water partition coefficient (Wildman–Crippen LogP) is 3.03. The van der Waals surface area contributed by atoms with Crippen molar-refractivity contribution in [2.24, 2.45) is 0 Å². The van der Waals surface area contributed by atoms with Crippen LogP contribution in [0, 0.1) is 0 Å². The summed E-state index contributed by atoms with van der Waals surface area (Å²) in [5.41, 5.74) is 0.306.